The molecule has 114 valence electrons. The van der Waals surface area contributed by atoms with E-state index in [0.717, 1.165) is 18.3 Å². The SMILES string of the molecule is CCOC(=O)c1cnc(N)c(-c2ccc(C(=O)O)c(F)c2)n1. The lowest BCUT2D eigenvalue weighted by Crippen LogP contribution is -2.10. The summed E-state index contributed by atoms with van der Waals surface area (Å²) >= 11 is 0. The van der Waals surface area contributed by atoms with Gasteiger partial charge in [-0.25, -0.2) is 23.9 Å². The van der Waals surface area contributed by atoms with Crippen LogP contribution in [0.5, 0.6) is 0 Å². The summed E-state index contributed by atoms with van der Waals surface area (Å²) in [6, 6.07) is 3.39. The van der Waals surface area contributed by atoms with Gasteiger partial charge in [0.2, 0.25) is 0 Å². The fraction of sp³-hybridized carbons (Fsp3) is 0.143. The van der Waals surface area contributed by atoms with Crippen LogP contribution >= 0.6 is 0 Å². The Morgan fingerprint density at radius 1 is 1.41 bits per heavy atom. The molecule has 0 aliphatic carbocycles. The van der Waals surface area contributed by atoms with Crippen LogP contribution in [-0.2, 0) is 4.74 Å². The lowest BCUT2D eigenvalue weighted by atomic mass is 10.1. The van der Waals surface area contributed by atoms with Gasteiger partial charge in [-0.15, -0.1) is 0 Å². The van der Waals surface area contributed by atoms with Crippen LogP contribution < -0.4 is 5.73 Å². The third-order valence-electron chi connectivity index (χ3n) is 2.76. The maximum absolute atomic E-state index is 13.7. The molecule has 1 aromatic heterocycles. The van der Waals surface area contributed by atoms with Crippen LogP contribution in [0.1, 0.15) is 27.8 Å². The van der Waals surface area contributed by atoms with E-state index in [0.29, 0.717) is 0 Å². The summed E-state index contributed by atoms with van der Waals surface area (Å²) in [5.74, 6) is -3.02. The molecule has 7 nitrogen and oxygen atoms in total. The van der Waals surface area contributed by atoms with Crippen LogP contribution in [-0.4, -0.2) is 33.6 Å². The maximum atomic E-state index is 13.7. The van der Waals surface area contributed by atoms with Crippen molar-refractivity contribution in [2.75, 3.05) is 12.3 Å². The molecule has 0 saturated heterocycles. The first-order chi connectivity index (χ1) is 10.4. The third-order valence-corrected chi connectivity index (χ3v) is 2.76. The average molecular weight is 305 g/mol. The van der Waals surface area contributed by atoms with E-state index in [-0.39, 0.29) is 29.4 Å². The van der Waals surface area contributed by atoms with Gasteiger partial charge in [0.15, 0.2) is 5.69 Å². The fourth-order valence-corrected chi connectivity index (χ4v) is 1.75. The molecule has 8 heteroatoms. The van der Waals surface area contributed by atoms with E-state index >= 15 is 0 Å². The van der Waals surface area contributed by atoms with E-state index in [9.17, 15) is 14.0 Å². The number of halogens is 1. The molecule has 1 aromatic carbocycles. The van der Waals surface area contributed by atoms with Gasteiger partial charge in [0.1, 0.15) is 17.3 Å². The molecule has 3 N–H and O–H groups in total. The molecule has 0 aliphatic heterocycles. The molecule has 0 radical (unpaired) electrons. The molecule has 1 heterocycles. The molecule has 0 spiro atoms. The van der Waals surface area contributed by atoms with Crippen LogP contribution in [0.4, 0.5) is 10.2 Å². The standard InChI is InChI=1S/C14H12FN3O4/c1-2-22-14(21)10-6-17-12(16)11(18-10)7-3-4-8(13(19)20)9(15)5-7/h3-6H,2H2,1H3,(H2,16,17)(H,19,20). The minimum Gasteiger partial charge on any atom is -0.478 e. The van der Waals surface area contributed by atoms with Gasteiger partial charge in [-0.3, -0.25) is 0 Å². The van der Waals surface area contributed by atoms with Crippen LogP contribution in [0.2, 0.25) is 0 Å². The topological polar surface area (TPSA) is 115 Å². The van der Waals surface area contributed by atoms with Crippen LogP contribution in [0.3, 0.4) is 0 Å². The zero-order valence-corrected chi connectivity index (χ0v) is 11.5. The number of carboxylic acid groups (broad SMARTS) is 1. The van der Waals surface area contributed by atoms with Crippen molar-refractivity contribution in [3.05, 3.63) is 41.5 Å². The Labute approximate surface area is 124 Å². The minimum atomic E-state index is -1.39. The number of nitrogens with zero attached hydrogens (tertiary/aromatic N) is 2. The number of aromatic carboxylic acids is 1. The number of nitrogen functional groups attached to an aromatic ring is 1. The van der Waals surface area contributed by atoms with Gasteiger partial charge < -0.3 is 15.6 Å². The zero-order chi connectivity index (χ0) is 16.3. The maximum Gasteiger partial charge on any atom is 0.358 e. The molecule has 0 atom stereocenters. The van der Waals surface area contributed by atoms with Crippen molar-refractivity contribution < 1.29 is 23.8 Å². The summed E-state index contributed by atoms with van der Waals surface area (Å²) in [6.45, 7) is 1.81. The number of benzene rings is 1. The normalized spacial score (nSPS) is 10.3. The summed E-state index contributed by atoms with van der Waals surface area (Å²) in [5.41, 5.74) is 5.41. The number of carboxylic acids is 1. The second-order valence-corrected chi connectivity index (χ2v) is 4.21. The molecule has 0 bridgehead atoms. The molecule has 0 fully saturated rings. The number of rotatable bonds is 4. The van der Waals surface area contributed by atoms with Gasteiger partial charge in [-0.1, -0.05) is 6.07 Å². The highest BCUT2D eigenvalue weighted by atomic mass is 19.1. The van der Waals surface area contributed by atoms with Crippen LogP contribution in [0.25, 0.3) is 11.3 Å². The first-order valence-corrected chi connectivity index (χ1v) is 6.27. The first-order valence-electron chi connectivity index (χ1n) is 6.27. The smallest absolute Gasteiger partial charge is 0.358 e. The quantitative estimate of drug-likeness (QED) is 0.826. The average Bonchev–Trinajstić information content (AvgIpc) is 2.47. The molecule has 2 aromatic rings. The number of nitrogens with two attached hydrogens (primary N) is 1. The van der Waals surface area contributed by atoms with Crippen molar-refractivity contribution >= 4 is 17.8 Å². The Bertz CT molecular complexity index is 749. The molecule has 0 aliphatic rings. The summed E-state index contributed by atoms with van der Waals surface area (Å²) in [4.78, 5) is 30.3. The number of anilines is 1. The number of esters is 1. The Kier molecular flexibility index (Phi) is 4.31. The number of aromatic nitrogens is 2. The number of ether oxygens (including phenoxy) is 1. The van der Waals surface area contributed by atoms with Gasteiger partial charge in [0.25, 0.3) is 0 Å². The molecular formula is C14H12FN3O4. The number of carbonyl (C=O) groups excluding carboxylic acids is 1. The largest absolute Gasteiger partial charge is 0.478 e. The Balaban J connectivity index is 2.48. The molecule has 22 heavy (non-hydrogen) atoms. The second kappa shape index (κ2) is 6.17. The summed E-state index contributed by atoms with van der Waals surface area (Å²) in [5, 5.41) is 8.80. The number of carbonyl (C=O) groups is 2. The highest BCUT2D eigenvalue weighted by Crippen LogP contribution is 2.24. The number of hydrogen-bond acceptors (Lipinski definition) is 6. The van der Waals surface area contributed by atoms with Gasteiger partial charge in [-0.2, -0.15) is 0 Å². The Hall–Kier alpha value is -3.03. The molecule has 2 rings (SSSR count). The van der Waals surface area contributed by atoms with Crippen molar-refractivity contribution in [3.8, 4) is 11.3 Å². The van der Waals surface area contributed by atoms with E-state index in [1.165, 1.54) is 6.07 Å². The van der Waals surface area contributed by atoms with Gasteiger partial charge in [-0.05, 0) is 19.1 Å². The summed E-state index contributed by atoms with van der Waals surface area (Å²) < 4.78 is 18.5. The lowest BCUT2D eigenvalue weighted by molar-refractivity contribution is 0.0518. The Morgan fingerprint density at radius 2 is 2.14 bits per heavy atom. The van der Waals surface area contributed by atoms with E-state index in [1.807, 2.05) is 0 Å². The highest BCUT2D eigenvalue weighted by molar-refractivity contribution is 5.90. The number of hydrogen-bond donors (Lipinski definition) is 2. The second-order valence-electron chi connectivity index (χ2n) is 4.21. The van der Waals surface area contributed by atoms with Gasteiger partial charge in [0.05, 0.1) is 18.4 Å². The van der Waals surface area contributed by atoms with Gasteiger partial charge in [0, 0.05) is 5.56 Å². The molecule has 0 unspecified atom stereocenters. The predicted molar refractivity (Wildman–Crippen MR) is 74.8 cm³/mol. The molecule has 0 saturated carbocycles. The van der Waals surface area contributed by atoms with Crippen molar-refractivity contribution in [1.29, 1.82) is 0 Å². The summed E-state index contributed by atoms with van der Waals surface area (Å²) in [6.07, 6.45) is 1.15. The van der Waals surface area contributed by atoms with E-state index in [4.69, 9.17) is 15.6 Å². The van der Waals surface area contributed by atoms with Crippen LogP contribution in [0.15, 0.2) is 24.4 Å². The van der Waals surface area contributed by atoms with Crippen molar-refractivity contribution in [3.63, 3.8) is 0 Å². The van der Waals surface area contributed by atoms with E-state index in [1.54, 1.807) is 6.92 Å². The van der Waals surface area contributed by atoms with Crippen molar-refractivity contribution in [2.24, 2.45) is 0 Å². The third kappa shape index (κ3) is 3.00. The Morgan fingerprint density at radius 3 is 2.73 bits per heavy atom. The predicted octanol–water partition coefficient (Wildman–Crippen LogP) is 1.74. The van der Waals surface area contributed by atoms with Crippen LogP contribution in [0, 0.1) is 5.82 Å². The first kappa shape index (κ1) is 15.4. The van der Waals surface area contributed by atoms with Gasteiger partial charge >= 0.3 is 11.9 Å². The van der Waals surface area contributed by atoms with Crippen molar-refractivity contribution in [1.82, 2.24) is 9.97 Å². The fourth-order valence-electron chi connectivity index (χ4n) is 1.75. The van der Waals surface area contributed by atoms with E-state index in [2.05, 4.69) is 9.97 Å². The van der Waals surface area contributed by atoms with E-state index < -0.39 is 23.3 Å². The highest BCUT2D eigenvalue weighted by Gasteiger charge is 2.16. The minimum absolute atomic E-state index is 0.0180. The zero-order valence-electron chi connectivity index (χ0n) is 11.5. The van der Waals surface area contributed by atoms with Crippen molar-refractivity contribution in [2.45, 2.75) is 6.92 Å². The monoisotopic (exact) mass is 305 g/mol. The summed E-state index contributed by atoms with van der Waals surface area (Å²) in [7, 11) is 0. The lowest BCUT2D eigenvalue weighted by Gasteiger charge is -2.07. The molecular weight excluding hydrogens is 293 g/mol. The molecule has 0 amide bonds.